The summed E-state index contributed by atoms with van der Waals surface area (Å²) in [6.07, 6.45) is 9.87. The maximum Gasteiger partial charge on any atom is 0.224 e. The molecule has 0 spiro atoms. The first-order valence-corrected chi connectivity index (χ1v) is 8.39. The van der Waals surface area contributed by atoms with Gasteiger partial charge in [-0.15, -0.1) is 24.8 Å². The number of amides is 1. The summed E-state index contributed by atoms with van der Waals surface area (Å²) in [5.74, 6) is 1.26. The molecule has 2 fully saturated rings. The molecule has 0 radical (unpaired) electrons. The highest BCUT2D eigenvalue weighted by Gasteiger charge is 2.27. The smallest absolute Gasteiger partial charge is 0.224 e. The summed E-state index contributed by atoms with van der Waals surface area (Å²) in [7, 11) is 0. The molecule has 2 N–H and O–H groups in total. The van der Waals surface area contributed by atoms with Crippen LogP contribution in [0.25, 0.3) is 0 Å². The SMILES string of the molecule is Cl.Cl.O=C(NC1CCC(Oc2ccncc2)CC1)C1CCCNC1. The molecule has 1 saturated heterocycles. The van der Waals surface area contributed by atoms with E-state index in [4.69, 9.17) is 4.74 Å². The monoisotopic (exact) mass is 375 g/mol. The van der Waals surface area contributed by atoms with Crippen molar-refractivity contribution >= 4 is 30.7 Å². The molecule has 2 heterocycles. The highest BCUT2D eigenvalue weighted by atomic mass is 35.5. The first kappa shape index (κ1) is 21.0. The molecule has 1 amide bonds. The van der Waals surface area contributed by atoms with Crippen LogP contribution in [0.2, 0.25) is 0 Å². The van der Waals surface area contributed by atoms with Gasteiger partial charge in [-0.1, -0.05) is 0 Å². The van der Waals surface area contributed by atoms with Gasteiger partial charge >= 0.3 is 0 Å². The molecule has 2 aliphatic rings. The van der Waals surface area contributed by atoms with Crippen LogP contribution in [0.1, 0.15) is 38.5 Å². The predicted octanol–water partition coefficient (Wildman–Crippen LogP) is 2.73. The second kappa shape index (κ2) is 10.7. The summed E-state index contributed by atoms with van der Waals surface area (Å²) < 4.78 is 5.96. The molecular formula is C17H27Cl2N3O2. The molecule has 136 valence electrons. The van der Waals surface area contributed by atoms with Gasteiger partial charge in [0.05, 0.1) is 12.0 Å². The Kier molecular flexibility index (Phi) is 9.41. The van der Waals surface area contributed by atoms with Crippen LogP contribution >= 0.6 is 24.8 Å². The molecule has 1 aromatic rings. The molecule has 1 unspecified atom stereocenters. The average molecular weight is 376 g/mol. The van der Waals surface area contributed by atoms with Crippen molar-refractivity contribution in [3.8, 4) is 5.75 Å². The molecule has 1 atom stereocenters. The molecule has 7 heteroatoms. The Labute approximate surface area is 156 Å². The van der Waals surface area contributed by atoms with Crippen LogP contribution < -0.4 is 15.4 Å². The lowest BCUT2D eigenvalue weighted by atomic mass is 9.91. The molecule has 1 aliphatic carbocycles. The number of carbonyl (C=O) groups is 1. The Hall–Kier alpha value is -1.04. The van der Waals surface area contributed by atoms with Crippen LogP contribution in [0.15, 0.2) is 24.5 Å². The van der Waals surface area contributed by atoms with Crippen molar-refractivity contribution in [2.24, 2.45) is 5.92 Å². The number of piperidine rings is 1. The summed E-state index contributed by atoms with van der Waals surface area (Å²) >= 11 is 0. The highest BCUT2D eigenvalue weighted by molar-refractivity contribution is 5.85. The Morgan fingerprint density at radius 2 is 1.83 bits per heavy atom. The van der Waals surface area contributed by atoms with E-state index in [-0.39, 0.29) is 42.7 Å². The van der Waals surface area contributed by atoms with Crippen molar-refractivity contribution in [3.05, 3.63) is 24.5 Å². The number of pyridine rings is 1. The Bertz CT molecular complexity index is 476. The van der Waals surface area contributed by atoms with Gasteiger partial charge in [0.25, 0.3) is 0 Å². The summed E-state index contributed by atoms with van der Waals surface area (Å²) in [5, 5.41) is 6.53. The number of hydrogen-bond acceptors (Lipinski definition) is 4. The number of aromatic nitrogens is 1. The zero-order chi connectivity index (χ0) is 15.2. The molecule has 0 aromatic carbocycles. The first-order chi connectivity index (χ1) is 10.8. The number of ether oxygens (including phenoxy) is 1. The summed E-state index contributed by atoms with van der Waals surface area (Å²) in [5.41, 5.74) is 0. The van der Waals surface area contributed by atoms with E-state index in [0.29, 0.717) is 6.04 Å². The number of carbonyl (C=O) groups excluding carboxylic acids is 1. The zero-order valence-corrected chi connectivity index (χ0v) is 15.4. The fraction of sp³-hybridized carbons (Fsp3) is 0.647. The van der Waals surface area contributed by atoms with E-state index in [1.807, 2.05) is 12.1 Å². The van der Waals surface area contributed by atoms with Gasteiger partial charge in [-0.05, 0) is 57.2 Å². The van der Waals surface area contributed by atoms with Crippen molar-refractivity contribution in [2.45, 2.75) is 50.7 Å². The van der Waals surface area contributed by atoms with E-state index in [9.17, 15) is 4.79 Å². The topological polar surface area (TPSA) is 63.2 Å². The zero-order valence-electron chi connectivity index (χ0n) is 13.8. The summed E-state index contributed by atoms with van der Waals surface area (Å²) in [6, 6.07) is 4.10. The van der Waals surface area contributed by atoms with Crippen LogP contribution in [0.5, 0.6) is 5.75 Å². The first-order valence-electron chi connectivity index (χ1n) is 8.39. The maximum atomic E-state index is 12.2. The average Bonchev–Trinajstić information content (AvgIpc) is 2.58. The minimum atomic E-state index is 0. The van der Waals surface area contributed by atoms with Crippen LogP contribution in [0.4, 0.5) is 0 Å². The second-order valence-corrected chi connectivity index (χ2v) is 6.33. The van der Waals surface area contributed by atoms with Crippen LogP contribution in [-0.2, 0) is 4.79 Å². The van der Waals surface area contributed by atoms with E-state index in [0.717, 1.165) is 57.4 Å². The molecule has 3 rings (SSSR count). The molecule has 0 bridgehead atoms. The Balaban J connectivity index is 0.00000144. The van der Waals surface area contributed by atoms with Gasteiger partial charge in [0.2, 0.25) is 5.91 Å². The lowest BCUT2D eigenvalue weighted by Gasteiger charge is -2.31. The standard InChI is InChI=1S/C17H25N3O2.2ClH/c21-17(13-2-1-9-19-12-13)20-14-3-5-15(6-4-14)22-16-7-10-18-11-8-16;;/h7-8,10-11,13-15,19H,1-6,9,12H2,(H,20,21);2*1H. The lowest BCUT2D eigenvalue weighted by Crippen LogP contribution is -2.46. The summed E-state index contributed by atoms with van der Waals surface area (Å²) in [6.45, 7) is 1.87. The van der Waals surface area contributed by atoms with E-state index in [1.54, 1.807) is 12.4 Å². The third-order valence-corrected chi connectivity index (χ3v) is 4.64. The minimum Gasteiger partial charge on any atom is -0.490 e. The van der Waals surface area contributed by atoms with Gasteiger partial charge in [-0.2, -0.15) is 0 Å². The minimum absolute atomic E-state index is 0. The maximum absolute atomic E-state index is 12.2. The third kappa shape index (κ3) is 6.11. The predicted molar refractivity (Wildman–Crippen MR) is 99.1 cm³/mol. The summed E-state index contributed by atoms with van der Waals surface area (Å²) in [4.78, 5) is 16.2. The number of nitrogens with one attached hydrogen (secondary N) is 2. The van der Waals surface area contributed by atoms with Crippen molar-refractivity contribution in [3.63, 3.8) is 0 Å². The lowest BCUT2D eigenvalue weighted by molar-refractivity contribution is -0.126. The fourth-order valence-corrected chi connectivity index (χ4v) is 3.33. The van der Waals surface area contributed by atoms with Crippen molar-refractivity contribution < 1.29 is 9.53 Å². The number of hydrogen-bond donors (Lipinski definition) is 2. The van der Waals surface area contributed by atoms with Gasteiger partial charge < -0.3 is 15.4 Å². The number of nitrogens with zero attached hydrogens (tertiary/aromatic N) is 1. The van der Waals surface area contributed by atoms with E-state index < -0.39 is 0 Å². The van der Waals surface area contributed by atoms with Gasteiger partial charge in [0.15, 0.2) is 0 Å². The number of halogens is 2. The van der Waals surface area contributed by atoms with Gasteiger partial charge in [0.1, 0.15) is 5.75 Å². The second-order valence-electron chi connectivity index (χ2n) is 6.33. The van der Waals surface area contributed by atoms with Gasteiger partial charge in [0, 0.05) is 25.0 Å². The van der Waals surface area contributed by atoms with Gasteiger partial charge in [-0.3, -0.25) is 9.78 Å². The van der Waals surface area contributed by atoms with Crippen LogP contribution in [-0.4, -0.2) is 36.1 Å². The Morgan fingerprint density at radius 1 is 1.12 bits per heavy atom. The molecule has 24 heavy (non-hydrogen) atoms. The molecule has 1 saturated carbocycles. The van der Waals surface area contributed by atoms with E-state index in [2.05, 4.69) is 15.6 Å². The van der Waals surface area contributed by atoms with Crippen LogP contribution in [0.3, 0.4) is 0 Å². The molecular weight excluding hydrogens is 349 g/mol. The van der Waals surface area contributed by atoms with E-state index >= 15 is 0 Å². The Morgan fingerprint density at radius 3 is 2.46 bits per heavy atom. The largest absolute Gasteiger partial charge is 0.490 e. The molecule has 1 aliphatic heterocycles. The van der Waals surface area contributed by atoms with Crippen molar-refractivity contribution in [2.75, 3.05) is 13.1 Å². The fourth-order valence-electron chi connectivity index (χ4n) is 3.33. The van der Waals surface area contributed by atoms with Gasteiger partial charge in [-0.25, -0.2) is 0 Å². The number of rotatable bonds is 4. The van der Waals surface area contributed by atoms with Crippen molar-refractivity contribution in [1.29, 1.82) is 0 Å². The van der Waals surface area contributed by atoms with Crippen molar-refractivity contribution in [1.82, 2.24) is 15.6 Å². The quantitative estimate of drug-likeness (QED) is 0.848. The third-order valence-electron chi connectivity index (χ3n) is 4.64. The van der Waals surface area contributed by atoms with E-state index in [1.165, 1.54) is 0 Å². The highest BCUT2D eigenvalue weighted by Crippen LogP contribution is 2.24. The van der Waals surface area contributed by atoms with Crippen LogP contribution in [0, 0.1) is 5.92 Å². The molecule has 1 aromatic heterocycles. The normalized spacial score (nSPS) is 26.4. The molecule has 5 nitrogen and oxygen atoms in total.